The van der Waals surface area contributed by atoms with Gasteiger partial charge in [-0.15, -0.1) is 11.3 Å². The molecule has 0 aliphatic carbocycles. The number of carbonyl (C=O) groups excluding carboxylic acids is 2. The Kier molecular flexibility index (Phi) is 6.29. The number of nitrogens with zero attached hydrogens (tertiary/aromatic N) is 2. The average Bonchev–Trinajstić information content (AvgIpc) is 3.21. The van der Waals surface area contributed by atoms with Crippen LogP contribution in [0.1, 0.15) is 28.2 Å². The first-order valence-corrected chi connectivity index (χ1v) is 9.90. The lowest BCUT2D eigenvalue weighted by Crippen LogP contribution is -2.51. The summed E-state index contributed by atoms with van der Waals surface area (Å²) >= 11 is 7.67. The van der Waals surface area contributed by atoms with Crippen LogP contribution in [-0.4, -0.2) is 54.3 Å². The number of hydrogen-bond donors (Lipinski definition) is 1. The Morgan fingerprint density at radius 2 is 1.88 bits per heavy atom. The molecule has 1 aliphatic heterocycles. The van der Waals surface area contributed by atoms with E-state index in [1.807, 2.05) is 40.6 Å². The van der Waals surface area contributed by atoms with Gasteiger partial charge in [-0.05, 0) is 30.0 Å². The summed E-state index contributed by atoms with van der Waals surface area (Å²) in [4.78, 5) is 29.0. The van der Waals surface area contributed by atoms with Gasteiger partial charge < -0.3 is 10.2 Å². The van der Waals surface area contributed by atoms with Gasteiger partial charge in [0.25, 0.3) is 5.91 Å². The van der Waals surface area contributed by atoms with Crippen molar-refractivity contribution < 1.29 is 9.59 Å². The minimum absolute atomic E-state index is 0.0385. The van der Waals surface area contributed by atoms with E-state index in [-0.39, 0.29) is 24.4 Å². The number of thiophene rings is 1. The van der Waals surface area contributed by atoms with Crippen LogP contribution in [0.2, 0.25) is 5.02 Å². The molecule has 2 aromatic rings. The summed E-state index contributed by atoms with van der Waals surface area (Å²) in [7, 11) is 0. The van der Waals surface area contributed by atoms with Crippen molar-refractivity contribution in [1.29, 1.82) is 0 Å². The number of piperazine rings is 1. The van der Waals surface area contributed by atoms with Crippen LogP contribution in [0, 0.1) is 0 Å². The molecule has 7 heteroatoms. The molecule has 2 amide bonds. The first-order chi connectivity index (χ1) is 12.6. The monoisotopic (exact) mass is 391 g/mol. The zero-order chi connectivity index (χ0) is 18.5. The van der Waals surface area contributed by atoms with Gasteiger partial charge in [0.15, 0.2) is 0 Å². The minimum atomic E-state index is -0.195. The Morgan fingerprint density at radius 3 is 2.54 bits per heavy atom. The summed E-state index contributed by atoms with van der Waals surface area (Å²) in [5.74, 6) is -0.237. The molecule has 1 aromatic carbocycles. The highest BCUT2D eigenvalue weighted by Gasteiger charge is 2.25. The second-order valence-corrected chi connectivity index (χ2v) is 7.63. The second-order valence-electron chi connectivity index (χ2n) is 6.27. The van der Waals surface area contributed by atoms with Crippen molar-refractivity contribution in [1.82, 2.24) is 15.1 Å². The first kappa shape index (κ1) is 18.9. The lowest BCUT2D eigenvalue weighted by Gasteiger charge is -2.38. The Morgan fingerprint density at radius 1 is 1.15 bits per heavy atom. The topological polar surface area (TPSA) is 52.6 Å². The van der Waals surface area contributed by atoms with E-state index in [4.69, 9.17) is 11.6 Å². The second kappa shape index (κ2) is 8.66. The summed E-state index contributed by atoms with van der Waals surface area (Å²) in [6.07, 6.45) is 0. The molecule has 0 saturated carbocycles. The van der Waals surface area contributed by atoms with Crippen LogP contribution in [0.3, 0.4) is 0 Å². The van der Waals surface area contributed by atoms with Crippen molar-refractivity contribution in [2.45, 2.75) is 13.0 Å². The van der Waals surface area contributed by atoms with Gasteiger partial charge in [-0.3, -0.25) is 14.5 Å². The number of benzene rings is 1. The largest absolute Gasteiger partial charge is 0.342 e. The molecule has 1 atom stereocenters. The fourth-order valence-corrected chi connectivity index (χ4v) is 4.07. The molecule has 3 rings (SSSR count). The van der Waals surface area contributed by atoms with Crippen LogP contribution < -0.4 is 5.32 Å². The number of rotatable bonds is 5. The SMILES string of the molecule is CC(c1ccccc1Cl)N1CCN(C(=O)CNC(=O)c2cccs2)CC1. The number of hydrogen-bond acceptors (Lipinski definition) is 4. The summed E-state index contributed by atoms with van der Waals surface area (Å²) in [6, 6.07) is 11.7. The van der Waals surface area contributed by atoms with Gasteiger partial charge >= 0.3 is 0 Å². The van der Waals surface area contributed by atoms with Crippen molar-refractivity contribution in [3.8, 4) is 0 Å². The predicted molar refractivity (Wildman–Crippen MR) is 105 cm³/mol. The van der Waals surface area contributed by atoms with Crippen molar-refractivity contribution in [3.63, 3.8) is 0 Å². The highest BCUT2D eigenvalue weighted by Crippen LogP contribution is 2.27. The van der Waals surface area contributed by atoms with Crippen molar-refractivity contribution in [2.24, 2.45) is 0 Å². The Hall–Kier alpha value is -1.89. The van der Waals surface area contributed by atoms with Crippen LogP contribution >= 0.6 is 22.9 Å². The quantitative estimate of drug-likeness (QED) is 0.852. The number of carbonyl (C=O) groups is 2. The van der Waals surface area contributed by atoms with E-state index in [1.54, 1.807) is 6.07 Å². The van der Waals surface area contributed by atoms with E-state index in [1.165, 1.54) is 11.3 Å². The van der Waals surface area contributed by atoms with Crippen molar-refractivity contribution in [2.75, 3.05) is 32.7 Å². The lowest BCUT2D eigenvalue weighted by molar-refractivity contribution is -0.132. The highest BCUT2D eigenvalue weighted by molar-refractivity contribution is 7.12. The number of nitrogens with one attached hydrogen (secondary N) is 1. The van der Waals surface area contributed by atoms with Crippen molar-refractivity contribution in [3.05, 3.63) is 57.2 Å². The third-order valence-corrected chi connectivity index (χ3v) is 5.93. The fourth-order valence-electron chi connectivity index (χ4n) is 3.13. The van der Waals surface area contributed by atoms with Gasteiger partial charge in [-0.25, -0.2) is 0 Å². The molecular formula is C19H22ClN3O2S. The highest BCUT2D eigenvalue weighted by atomic mass is 35.5. The Bertz CT molecular complexity index is 758. The van der Waals surface area contributed by atoms with Crippen molar-refractivity contribution >= 4 is 34.8 Å². The predicted octanol–water partition coefficient (Wildman–Crippen LogP) is 3.04. The van der Waals surface area contributed by atoms with Gasteiger partial charge in [-0.2, -0.15) is 0 Å². The molecule has 0 radical (unpaired) electrons. The summed E-state index contributed by atoms with van der Waals surface area (Å²) in [5.41, 5.74) is 1.11. The molecule has 5 nitrogen and oxygen atoms in total. The van der Waals surface area contributed by atoms with Gasteiger partial charge in [0, 0.05) is 37.2 Å². The molecule has 0 bridgehead atoms. The fraction of sp³-hybridized carbons (Fsp3) is 0.368. The molecule has 0 spiro atoms. The third-order valence-electron chi connectivity index (χ3n) is 4.72. The van der Waals surface area contributed by atoms with Gasteiger partial charge in [0.2, 0.25) is 5.91 Å². The zero-order valence-electron chi connectivity index (χ0n) is 14.7. The van der Waals surface area contributed by atoms with Crippen LogP contribution in [0.4, 0.5) is 0 Å². The van der Waals surface area contributed by atoms with E-state index in [0.29, 0.717) is 18.0 Å². The Labute approximate surface area is 162 Å². The number of halogens is 1. The first-order valence-electron chi connectivity index (χ1n) is 8.64. The minimum Gasteiger partial charge on any atom is -0.342 e. The van der Waals surface area contributed by atoms with Crippen LogP contribution in [0.15, 0.2) is 41.8 Å². The van der Waals surface area contributed by atoms with E-state index in [9.17, 15) is 9.59 Å². The molecule has 1 N–H and O–H groups in total. The molecule has 1 aromatic heterocycles. The maximum absolute atomic E-state index is 12.3. The maximum Gasteiger partial charge on any atom is 0.261 e. The third kappa shape index (κ3) is 4.44. The molecule has 2 heterocycles. The lowest BCUT2D eigenvalue weighted by atomic mass is 10.1. The number of amides is 2. The zero-order valence-corrected chi connectivity index (χ0v) is 16.2. The molecule has 26 heavy (non-hydrogen) atoms. The average molecular weight is 392 g/mol. The summed E-state index contributed by atoms with van der Waals surface area (Å²) < 4.78 is 0. The van der Waals surface area contributed by atoms with Crippen LogP contribution in [0.5, 0.6) is 0 Å². The van der Waals surface area contributed by atoms with Crippen LogP contribution in [0.25, 0.3) is 0 Å². The van der Waals surface area contributed by atoms with E-state index < -0.39 is 0 Å². The van der Waals surface area contributed by atoms with Gasteiger partial charge in [0.05, 0.1) is 11.4 Å². The maximum atomic E-state index is 12.3. The molecule has 1 unspecified atom stereocenters. The standard InChI is InChI=1S/C19H22ClN3O2S/c1-14(15-5-2-3-6-16(15)20)22-8-10-23(11-9-22)18(24)13-21-19(25)17-7-4-12-26-17/h2-7,12,14H,8-11,13H2,1H3,(H,21,25). The normalized spacial score (nSPS) is 16.3. The Balaban J connectivity index is 1.48. The molecule has 1 fully saturated rings. The molecule has 138 valence electrons. The van der Waals surface area contributed by atoms with Crippen LogP contribution in [-0.2, 0) is 4.79 Å². The van der Waals surface area contributed by atoms with E-state index >= 15 is 0 Å². The van der Waals surface area contributed by atoms with Gasteiger partial charge in [-0.1, -0.05) is 35.9 Å². The smallest absolute Gasteiger partial charge is 0.261 e. The molecule has 1 aliphatic rings. The summed E-state index contributed by atoms with van der Waals surface area (Å²) in [6.45, 7) is 5.07. The van der Waals surface area contributed by atoms with Gasteiger partial charge in [0.1, 0.15) is 0 Å². The molecule has 1 saturated heterocycles. The van der Waals surface area contributed by atoms with E-state index in [0.717, 1.165) is 23.7 Å². The molecular weight excluding hydrogens is 370 g/mol. The summed E-state index contributed by atoms with van der Waals surface area (Å²) in [5, 5.41) is 5.31. The van der Waals surface area contributed by atoms with E-state index in [2.05, 4.69) is 17.1 Å².